The summed E-state index contributed by atoms with van der Waals surface area (Å²) in [5, 5.41) is 14.7. The number of anilines is 1. The molecule has 200 valence electrons. The summed E-state index contributed by atoms with van der Waals surface area (Å²) in [7, 11) is 1.76. The van der Waals surface area contributed by atoms with Gasteiger partial charge in [-0.25, -0.2) is 4.98 Å². The molecule has 0 saturated heterocycles. The summed E-state index contributed by atoms with van der Waals surface area (Å²) in [4.78, 5) is 10.1. The van der Waals surface area contributed by atoms with Crippen molar-refractivity contribution in [1.29, 1.82) is 0 Å². The fraction of sp³-hybridized carbons (Fsp3) is 0.448. The minimum Gasteiger partial charge on any atom is -0.383 e. The number of methoxy groups -OCH3 is 1. The zero-order chi connectivity index (χ0) is 26.6. The number of hydrogen-bond donors (Lipinski definition) is 1. The second-order valence-electron chi connectivity index (χ2n) is 10.8. The van der Waals surface area contributed by atoms with E-state index in [9.17, 15) is 0 Å². The summed E-state index contributed by atoms with van der Waals surface area (Å²) in [5.74, 6) is 3.77. The van der Waals surface area contributed by atoms with E-state index in [1.807, 2.05) is 18.2 Å². The lowest BCUT2D eigenvalue weighted by Crippen LogP contribution is -2.45. The average molecular weight is 515 g/mol. The first-order valence-corrected chi connectivity index (χ1v) is 13.4. The smallest absolute Gasteiger partial charge is 0.205 e. The third kappa shape index (κ3) is 5.49. The molecule has 5 rings (SSSR count). The Kier molecular flexibility index (Phi) is 7.85. The van der Waals surface area contributed by atoms with Gasteiger partial charge in [0.2, 0.25) is 5.82 Å². The molecule has 0 saturated carbocycles. The Bertz CT molecular complexity index is 1330. The molecular weight excluding hydrogens is 476 g/mol. The normalized spacial score (nSPS) is 14.0. The van der Waals surface area contributed by atoms with Crippen LogP contribution in [0.25, 0.3) is 22.5 Å². The number of fused-ring (bicyclic) bond motifs is 1. The van der Waals surface area contributed by atoms with E-state index in [-0.39, 0.29) is 0 Å². The number of nitrogens with one attached hydrogen (secondary N) is 1. The second-order valence-corrected chi connectivity index (χ2v) is 10.8. The molecule has 0 unspecified atom stereocenters. The number of rotatable bonds is 10. The van der Waals surface area contributed by atoms with Gasteiger partial charge in [0, 0.05) is 44.8 Å². The van der Waals surface area contributed by atoms with E-state index in [2.05, 4.69) is 93.0 Å². The average Bonchev–Trinajstić information content (AvgIpc) is 3.57. The van der Waals surface area contributed by atoms with Crippen LogP contribution < -0.4 is 4.90 Å². The Balaban J connectivity index is 1.46. The van der Waals surface area contributed by atoms with Gasteiger partial charge in [-0.2, -0.15) is 5.21 Å². The highest BCUT2D eigenvalue weighted by molar-refractivity contribution is 5.80. The van der Waals surface area contributed by atoms with E-state index in [0.29, 0.717) is 24.3 Å². The molecule has 1 aliphatic heterocycles. The fourth-order valence-corrected chi connectivity index (χ4v) is 5.28. The third-order valence-electron chi connectivity index (χ3n) is 6.95. The van der Waals surface area contributed by atoms with Crippen molar-refractivity contribution in [1.82, 2.24) is 35.1 Å². The van der Waals surface area contributed by atoms with Crippen LogP contribution in [0.2, 0.25) is 0 Å². The molecule has 2 aromatic carbocycles. The number of nitrogens with zero attached hydrogens (tertiary/aromatic N) is 7. The molecule has 0 atom stereocenters. The third-order valence-corrected chi connectivity index (χ3v) is 6.95. The molecule has 0 radical (unpaired) electrons. The molecule has 4 aromatic rings. The van der Waals surface area contributed by atoms with Gasteiger partial charge in [0.25, 0.3) is 0 Å². The Morgan fingerprint density at radius 3 is 2.42 bits per heavy atom. The van der Waals surface area contributed by atoms with Crippen LogP contribution in [-0.2, 0) is 17.8 Å². The first-order chi connectivity index (χ1) is 18.4. The maximum atomic E-state index is 5.43. The topological polar surface area (TPSA) is 88.0 Å². The molecule has 3 heterocycles. The number of hydrogen-bond acceptors (Lipinski definition) is 7. The summed E-state index contributed by atoms with van der Waals surface area (Å²) in [6, 6.07) is 17.0. The number of benzene rings is 2. The largest absolute Gasteiger partial charge is 0.383 e. The standard InChI is InChI=1S/C29H38N8O/c1-20(2)16-35-18-26-29(36(19-35)14-15-38-5)30-28(21(3)4)37(26)17-22-10-12-23(13-11-22)24-8-6-7-9-25(24)27-31-33-34-32-27/h6-13,20-21H,14-19H2,1-5H3,(H,31,32,33,34). The van der Waals surface area contributed by atoms with E-state index >= 15 is 0 Å². The van der Waals surface area contributed by atoms with Crippen molar-refractivity contribution < 1.29 is 4.74 Å². The molecule has 38 heavy (non-hydrogen) atoms. The van der Waals surface area contributed by atoms with Gasteiger partial charge in [0.15, 0.2) is 5.82 Å². The molecule has 2 aromatic heterocycles. The summed E-state index contributed by atoms with van der Waals surface area (Å²) >= 11 is 0. The monoisotopic (exact) mass is 514 g/mol. The van der Waals surface area contributed by atoms with Gasteiger partial charge in [-0.15, -0.1) is 10.2 Å². The summed E-state index contributed by atoms with van der Waals surface area (Å²) < 4.78 is 7.87. The van der Waals surface area contributed by atoms with E-state index in [0.717, 1.165) is 61.2 Å². The summed E-state index contributed by atoms with van der Waals surface area (Å²) in [6.07, 6.45) is 0. The Hall–Kier alpha value is -3.56. The van der Waals surface area contributed by atoms with Gasteiger partial charge >= 0.3 is 0 Å². The number of ether oxygens (including phenoxy) is 1. The van der Waals surface area contributed by atoms with Crippen LogP contribution in [0.4, 0.5) is 5.82 Å². The van der Waals surface area contributed by atoms with Crippen LogP contribution in [0.15, 0.2) is 48.5 Å². The van der Waals surface area contributed by atoms with E-state index in [1.54, 1.807) is 7.11 Å². The van der Waals surface area contributed by atoms with Crippen LogP contribution in [-0.4, -0.2) is 68.6 Å². The Labute approximate surface area is 224 Å². The number of aromatic amines is 1. The maximum absolute atomic E-state index is 5.43. The summed E-state index contributed by atoms with van der Waals surface area (Å²) in [5.41, 5.74) is 5.71. The van der Waals surface area contributed by atoms with Gasteiger partial charge in [0.05, 0.1) is 19.0 Å². The molecule has 0 aliphatic carbocycles. The van der Waals surface area contributed by atoms with Gasteiger partial charge in [-0.05, 0) is 27.8 Å². The first-order valence-electron chi connectivity index (χ1n) is 13.4. The van der Waals surface area contributed by atoms with Crippen molar-refractivity contribution >= 4 is 5.82 Å². The number of aromatic nitrogens is 6. The highest BCUT2D eigenvalue weighted by Crippen LogP contribution is 2.33. The van der Waals surface area contributed by atoms with Gasteiger partial charge < -0.3 is 14.2 Å². The molecule has 1 N–H and O–H groups in total. The van der Waals surface area contributed by atoms with Crippen LogP contribution in [0, 0.1) is 5.92 Å². The minimum atomic E-state index is 0.324. The number of H-pyrrole nitrogens is 1. The second kappa shape index (κ2) is 11.4. The van der Waals surface area contributed by atoms with Crippen molar-refractivity contribution in [2.24, 2.45) is 5.92 Å². The molecular formula is C29H38N8O. The van der Waals surface area contributed by atoms with E-state index in [4.69, 9.17) is 9.72 Å². The van der Waals surface area contributed by atoms with Crippen molar-refractivity contribution in [2.75, 3.05) is 38.4 Å². The van der Waals surface area contributed by atoms with Crippen molar-refractivity contribution in [3.8, 4) is 22.5 Å². The molecule has 0 fully saturated rings. The van der Waals surface area contributed by atoms with E-state index in [1.165, 1.54) is 11.3 Å². The Morgan fingerprint density at radius 2 is 1.76 bits per heavy atom. The number of tetrazole rings is 1. The molecule has 9 nitrogen and oxygen atoms in total. The molecule has 9 heteroatoms. The lowest BCUT2D eigenvalue weighted by Gasteiger charge is -2.37. The predicted octanol–water partition coefficient (Wildman–Crippen LogP) is 4.78. The van der Waals surface area contributed by atoms with Crippen LogP contribution in [0.3, 0.4) is 0 Å². The lowest BCUT2D eigenvalue weighted by atomic mass is 9.98. The van der Waals surface area contributed by atoms with Gasteiger partial charge in [-0.3, -0.25) is 4.90 Å². The predicted molar refractivity (Wildman–Crippen MR) is 150 cm³/mol. The Morgan fingerprint density at radius 1 is 1.00 bits per heavy atom. The SMILES string of the molecule is COCCN1CN(CC(C)C)Cc2c1nc(C(C)C)n2Cc1ccc(-c2ccccc2-c2nn[nH]n2)cc1. The highest BCUT2D eigenvalue weighted by atomic mass is 16.5. The molecule has 1 aliphatic rings. The summed E-state index contributed by atoms with van der Waals surface area (Å²) in [6.45, 7) is 14.2. The number of imidazole rings is 1. The van der Waals surface area contributed by atoms with Gasteiger partial charge in [0.1, 0.15) is 5.82 Å². The van der Waals surface area contributed by atoms with Crippen LogP contribution >= 0.6 is 0 Å². The highest BCUT2D eigenvalue weighted by Gasteiger charge is 2.30. The lowest BCUT2D eigenvalue weighted by molar-refractivity contribution is 0.184. The van der Waals surface area contributed by atoms with Crippen molar-refractivity contribution in [2.45, 2.75) is 46.7 Å². The van der Waals surface area contributed by atoms with Crippen molar-refractivity contribution in [3.05, 3.63) is 65.6 Å². The molecule has 0 amide bonds. The molecule has 0 bridgehead atoms. The van der Waals surface area contributed by atoms with Crippen LogP contribution in [0.5, 0.6) is 0 Å². The zero-order valence-electron chi connectivity index (χ0n) is 23.1. The minimum absolute atomic E-state index is 0.324. The van der Waals surface area contributed by atoms with E-state index < -0.39 is 0 Å². The quantitative estimate of drug-likeness (QED) is 0.326. The van der Waals surface area contributed by atoms with Crippen molar-refractivity contribution in [3.63, 3.8) is 0 Å². The maximum Gasteiger partial charge on any atom is 0.205 e. The van der Waals surface area contributed by atoms with Gasteiger partial charge in [-0.1, -0.05) is 76.2 Å². The zero-order valence-corrected chi connectivity index (χ0v) is 23.1. The fourth-order valence-electron chi connectivity index (χ4n) is 5.28. The molecule has 0 spiro atoms. The first kappa shape index (κ1) is 26.1. The van der Waals surface area contributed by atoms with Crippen LogP contribution in [0.1, 0.15) is 50.7 Å².